The van der Waals surface area contributed by atoms with Crippen LogP contribution in [-0.4, -0.2) is 35.4 Å². The van der Waals surface area contributed by atoms with Gasteiger partial charge in [-0.25, -0.2) is 0 Å². The normalized spacial score (nSPS) is 54.8. The van der Waals surface area contributed by atoms with Gasteiger partial charge in [-0.1, -0.05) is 34.6 Å². The lowest BCUT2D eigenvalue weighted by molar-refractivity contribution is -0.249. The van der Waals surface area contributed by atoms with E-state index in [2.05, 4.69) is 46.9 Å². The second-order valence-electron chi connectivity index (χ2n) is 14.8. The Hall–Kier alpha value is -0.610. The van der Waals surface area contributed by atoms with Crippen LogP contribution >= 0.6 is 0 Å². The minimum absolute atomic E-state index is 0.0180. The molecule has 34 heavy (non-hydrogen) atoms. The van der Waals surface area contributed by atoms with E-state index in [1.807, 2.05) is 7.05 Å². The molecule has 5 aliphatic carbocycles. The van der Waals surface area contributed by atoms with Crippen LogP contribution in [0.25, 0.3) is 0 Å². The van der Waals surface area contributed by atoms with Crippen LogP contribution in [0.4, 0.5) is 0 Å². The van der Waals surface area contributed by atoms with Crippen molar-refractivity contribution in [2.75, 3.05) is 7.05 Å². The highest BCUT2D eigenvalue weighted by Crippen LogP contribution is 2.77. The van der Waals surface area contributed by atoms with Crippen LogP contribution in [-0.2, 0) is 4.79 Å². The van der Waals surface area contributed by atoms with Crippen LogP contribution in [0.1, 0.15) is 106 Å². The lowest BCUT2D eigenvalue weighted by Crippen LogP contribution is -2.67. The minimum Gasteiger partial charge on any atom is -0.481 e. The molecule has 5 aliphatic rings. The third-order valence-electron chi connectivity index (χ3n) is 14.0. The molecular weight excluding hydrogens is 422 g/mol. The van der Waals surface area contributed by atoms with Crippen molar-refractivity contribution in [2.24, 2.45) is 56.7 Å². The monoisotopic (exact) mass is 473 g/mol. The van der Waals surface area contributed by atoms with Gasteiger partial charge >= 0.3 is 5.97 Å². The summed E-state index contributed by atoms with van der Waals surface area (Å²) in [4.78, 5) is 12.9. The average Bonchev–Trinajstić information content (AvgIpc) is 3.18. The Labute approximate surface area is 208 Å². The zero-order valence-corrected chi connectivity index (χ0v) is 22.9. The summed E-state index contributed by atoms with van der Waals surface area (Å²) in [6, 6.07) is 0.369. The van der Waals surface area contributed by atoms with Gasteiger partial charge in [-0.05, 0) is 129 Å². The first-order valence-corrected chi connectivity index (χ1v) is 14.4. The Morgan fingerprint density at radius 1 is 0.853 bits per heavy atom. The number of rotatable bonds is 3. The van der Waals surface area contributed by atoms with E-state index in [0.29, 0.717) is 35.6 Å². The summed E-state index contributed by atoms with van der Waals surface area (Å²) < 4.78 is 0. The molecule has 4 heteroatoms. The van der Waals surface area contributed by atoms with Crippen molar-refractivity contribution in [3.05, 3.63) is 0 Å². The highest BCUT2D eigenvalue weighted by Gasteiger charge is 2.72. The van der Waals surface area contributed by atoms with E-state index in [-0.39, 0.29) is 27.8 Å². The standard InChI is InChI=1S/C30H51NO3/c1-18(31-7)19-10-15-30(25(33)34)17-16-28(5)20(24(19)30)8-9-22-27(4)13-12-23(32)26(2,3)21(27)11-14-29(22,28)6/h18-24,31-32H,8-17H2,1-7H3,(H,33,34)/t18?,19-,20?,21?,22?,23-,24?,27-,28+,29+,30-/m0/s1. The number of aliphatic carboxylic acids is 1. The molecule has 4 nitrogen and oxygen atoms in total. The summed E-state index contributed by atoms with van der Waals surface area (Å²) in [5, 5.41) is 25.0. The molecule has 5 saturated carbocycles. The molecule has 0 radical (unpaired) electrons. The smallest absolute Gasteiger partial charge is 0.309 e. The second-order valence-corrected chi connectivity index (χ2v) is 14.8. The van der Waals surface area contributed by atoms with Crippen LogP contribution < -0.4 is 5.32 Å². The third kappa shape index (κ3) is 2.88. The zero-order valence-electron chi connectivity index (χ0n) is 22.9. The Morgan fingerprint density at radius 2 is 1.56 bits per heavy atom. The Balaban J connectivity index is 1.55. The number of carbonyl (C=O) groups is 1. The van der Waals surface area contributed by atoms with Crippen molar-refractivity contribution in [2.45, 2.75) is 118 Å². The molecule has 5 fully saturated rings. The Bertz CT molecular complexity index is 841. The Kier molecular flexibility index (Phi) is 5.67. The van der Waals surface area contributed by atoms with Crippen LogP contribution in [0.2, 0.25) is 0 Å². The fraction of sp³-hybridized carbons (Fsp3) is 0.967. The van der Waals surface area contributed by atoms with Crippen LogP contribution in [0.5, 0.6) is 0 Å². The summed E-state index contributed by atoms with van der Waals surface area (Å²) in [6.45, 7) is 14.7. The van der Waals surface area contributed by atoms with Crippen LogP contribution in [0.15, 0.2) is 0 Å². The van der Waals surface area contributed by atoms with Gasteiger partial charge in [0, 0.05) is 6.04 Å². The van der Waals surface area contributed by atoms with Gasteiger partial charge in [0.05, 0.1) is 11.5 Å². The summed E-state index contributed by atoms with van der Waals surface area (Å²) in [5.41, 5.74) is 0.194. The second kappa shape index (κ2) is 7.70. The molecule has 0 aliphatic heterocycles. The van der Waals surface area contributed by atoms with E-state index in [4.69, 9.17) is 0 Å². The lowest BCUT2D eigenvalue weighted by Gasteiger charge is -2.72. The number of aliphatic hydroxyl groups is 1. The molecule has 0 saturated heterocycles. The molecule has 11 atom stereocenters. The van der Waals surface area contributed by atoms with E-state index in [0.717, 1.165) is 38.5 Å². The van der Waals surface area contributed by atoms with Crippen molar-refractivity contribution < 1.29 is 15.0 Å². The number of carboxylic acids is 1. The summed E-state index contributed by atoms with van der Waals surface area (Å²) in [5.74, 6) is 1.99. The quantitative estimate of drug-likeness (QED) is 0.462. The highest BCUT2D eigenvalue weighted by atomic mass is 16.4. The number of hydrogen-bond donors (Lipinski definition) is 3. The van der Waals surface area contributed by atoms with Gasteiger partial charge in [-0.3, -0.25) is 4.79 Å². The maximum absolute atomic E-state index is 12.9. The maximum Gasteiger partial charge on any atom is 0.309 e. The third-order valence-corrected chi connectivity index (χ3v) is 14.0. The molecule has 3 N–H and O–H groups in total. The van der Waals surface area contributed by atoms with E-state index < -0.39 is 11.4 Å². The molecule has 0 amide bonds. The Morgan fingerprint density at radius 3 is 2.21 bits per heavy atom. The van der Waals surface area contributed by atoms with E-state index in [1.165, 1.54) is 25.7 Å². The van der Waals surface area contributed by atoms with E-state index in [9.17, 15) is 15.0 Å². The molecule has 194 valence electrons. The topological polar surface area (TPSA) is 69.6 Å². The van der Waals surface area contributed by atoms with Gasteiger partial charge in [-0.2, -0.15) is 0 Å². The van der Waals surface area contributed by atoms with E-state index >= 15 is 0 Å². The first-order chi connectivity index (χ1) is 15.8. The van der Waals surface area contributed by atoms with Gasteiger partial charge in [0.25, 0.3) is 0 Å². The van der Waals surface area contributed by atoms with Crippen molar-refractivity contribution in [3.63, 3.8) is 0 Å². The molecule has 5 rings (SSSR count). The van der Waals surface area contributed by atoms with E-state index in [1.54, 1.807) is 0 Å². The highest BCUT2D eigenvalue weighted by molar-refractivity contribution is 5.76. The predicted octanol–water partition coefficient (Wildman–Crippen LogP) is 6.12. The molecule has 0 aromatic carbocycles. The average molecular weight is 474 g/mol. The molecule has 0 bridgehead atoms. The molecule has 0 spiro atoms. The van der Waals surface area contributed by atoms with Crippen molar-refractivity contribution in [1.82, 2.24) is 5.32 Å². The van der Waals surface area contributed by atoms with Crippen molar-refractivity contribution >= 4 is 5.97 Å². The lowest BCUT2D eigenvalue weighted by atomic mass is 9.32. The number of aliphatic hydroxyl groups excluding tert-OH is 1. The first-order valence-electron chi connectivity index (χ1n) is 14.4. The van der Waals surface area contributed by atoms with Gasteiger partial charge in [-0.15, -0.1) is 0 Å². The number of hydrogen-bond acceptors (Lipinski definition) is 3. The fourth-order valence-corrected chi connectivity index (χ4v) is 11.8. The van der Waals surface area contributed by atoms with Gasteiger partial charge in [0.15, 0.2) is 0 Å². The number of carboxylic acid groups (broad SMARTS) is 1. The molecule has 0 heterocycles. The summed E-state index contributed by atoms with van der Waals surface area (Å²) in [6.07, 6.45) is 10.6. The van der Waals surface area contributed by atoms with Crippen LogP contribution in [0.3, 0.4) is 0 Å². The SMILES string of the molecule is CNC(C)[C@@H]1CC[C@]2(C(=O)O)CC[C@]3(C)C(CCC4[C@@]5(C)CC[C@H](O)C(C)(C)C5CC[C@]43C)C12. The van der Waals surface area contributed by atoms with Gasteiger partial charge in [0.2, 0.25) is 0 Å². The largest absolute Gasteiger partial charge is 0.481 e. The zero-order chi connectivity index (χ0) is 24.9. The number of fused-ring (bicyclic) bond motifs is 7. The van der Waals surface area contributed by atoms with Crippen molar-refractivity contribution in [3.8, 4) is 0 Å². The van der Waals surface area contributed by atoms with Gasteiger partial charge < -0.3 is 15.5 Å². The van der Waals surface area contributed by atoms with Crippen LogP contribution in [0, 0.1) is 56.7 Å². The first kappa shape index (κ1) is 25.1. The maximum atomic E-state index is 12.9. The fourth-order valence-electron chi connectivity index (χ4n) is 11.8. The molecular formula is C30H51NO3. The minimum atomic E-state index is -0.517. The molecule has 0 aromatic heterocycles. The van der Waals surface area contributed by atoms with Gasteiger partial charge in [0.1, 0.15) is 0 Å². The molecule has 0 aromatic rings. The predicted molar refractivity (Wildman–Crippen MR) is 136 cm³/mol. The van der Waals surface area contributed by atoms with Crippen molar-refractivity contribution in [1.29, 1.82) is 0 Å². The summed E-state index contributed by atoms with van der Waals surface area (Å²) >= 11 is 0. The molecule has 5 unspecified atom stereocenters. The summed E-state index contributed by atoms with van der Waals surface area (Å²) in [7, 11) is 2.05. The number of nitrogens with one attached hydrogen (secondary N) is 1.